The maximum atomic E-state index is 12.8. The van der Waals surface area contributed by atoms with E-state index in [0.717, 1.165) is 5.56 Å². The largest absolute Gasteiger partial charge is 0.480 e. The van der Waals surface area contributed by atoms with Crippen LogP contribution in [0.2, 0.25) is 0 Å². The number of benzene rings is 1. The summed E-state index contributed by atoms with van der Waals surface area (Å²) < 4.78 is 12.8. The number of carbonyl (C=O) groups is 1. The van der Waals surface area contributed by atoms with E-state index < -0.39 is 17.3 Å². The van der Waals surface area contributed by atoms with E-state index in [1.54, 1.807) is 6.07 Å². The molecule has 0 saturated heterocycles. The van der Waals surface area contributed by atoms with Crippen LogP contribution in [0.5, 0.6) is 0 Å². The molecule has 79 valence electrons. The smallest absolute Gasteiger partial charge is 0.323 e. The molecule has 0 bridgehead atoms. The Balaban J connectivity index is 1.96. The third-order valence-corrected chi connectivity index (χ3v) is 2.62. The van der Waals surface area contributed by atoms with Gasteiger partial charge in [-0.3, -0.25) is 10.1 Å². The third kappa shape index (κ3) is 2.15. The Hall–Kier alpha value is -1.42. The second kappa shape index (κ2) is 3.62. The lowest BCUT2D eigenvalue weighted by molar-refractivity contribution is -0.140. The molecular weight excluding hydrogens is 197 g/mol. The highest BCUT2D eigenvalue weighted by molar-refractivity contribution is 5.82. The van der Waals surface area contributed by atoms with E-state index in [4.69, 9.17) is 5.11 Å². The van der Waals surface area contributed by atoms with E-state index in [-0.39, 0.29) is 0 Å². The van der Waals surface area contributed by atoms with Crippen molar-refractivity contribution in [2.24, 2.45) is 0 Å². The van der Waals surface area contributed by atoms with Crippen molar-refractivity contribution in [1.29, 1.82) is 0 Å². The maximum Gasteiger partial charge on any atom is 0.323 e. The zero-order valence-electron chi connectivity index (χ0n) is 8.09. The Morgan fingerprint density at radius 2 is 2.40 bits per heavy atom. The van der Waals surface area contributed by atoms with E-state index in [9.17, 15) is 9.18 Å². The molecule has 0 heterocycles. The normalized spacial score (nSPS) is 17.4. The molecule has 1 aromatic carbocycles. The number of carboxylic acid groups (broad SMARTS) is 1. The van der Waals surface area contributed by atoms with Gasteiger partial charge in [0.15, 0.2) is 0 Å². The summed E-state index contributed by atoms with van der Waals surface area (Å²) in [5.41, 5.74) is -0.0328. The first-order valence-corrected chi connectivity index (χ1v) is 4.77. The van der Waals surface area contributed by atoms with E-state index in [1.807, 2.05) is 0 Å². The van der Waals surface area contributed by atoms with Crippen molar-refractivity contribution in [3.63, 3.8) is 0 Å². The van der Waals surface area contributed by atoms with Crippen molar-refractivity contribution < 1.29 is 14.3 Å². The molecule has 1 saturated carbocycles. The van der Waals surface area contributed by atoms with Crippen molar-refractivity contribution in [2.75, 3.05) is 0 Å². The van der Waals surface area contributed by atoms with Crippen LogP contribution >= 0.6 is 0 Å². The van der Waals surface area contributed by atoms with Crippen LogP contribution in [0.25, 0.3) is 0 Å². The zero-order valence-corrected chi connectivity index (χ0v) is 8.09. The highest BCUT2D eigenvalue weighted by Gasteiger charge is 2.49. The maximum absolute atomic E-state index is 12.8. The molecule has 2 N–H and O–H groups in total. The van der Waals surface area contributed by atoms with Crippen LogP contribution in [0.15, 0.2) is 18.2 Å². The van der Waals surface area contributed by atoms with E-state index in [2.05, 4.69) is 11.4 Å². The van der Waals surface area contributed by atoms with Gasteiger partial charge in [-0.05, 0) is 24.5 Å². The first-order valence-electron chi connectivity index (χ1n) is 4.77. The fourth-order valence-corrected chi connectivity index (χ4v) is 1.45. The second-order valence-electron chi connectivity index (χ2n) is 3.79. The minimum absolute atomic E-state index is 0.373. The predicted molar refractivity (Wildman–Crippen MR) is 51.7 cm³/mol. The molecule has 3 nitrogen and oxygen atoms in total. The minimum Gasteiger partial charge on any atom is -0.480 e. The molecule has 15 heavy (non-hydrogen) atoms. The van der Waals surface area contributed by atoms with Gasteiger partial charge in [-0.15, -0.1) is 0 Å². The van der Waals surface area contributed by atoms with E-state index >= 15 is 0 Å². The average Bonchev–Trinajstić information content (AvgIpc) is 2.96. The molecule has 4 heteroatoms. The van der Waals surface area contributed by atoms with Crippen molar-refractivity contribution in [3.05, 3.63) is 35.6 Å². The molecule has 2 rings (SSSR count). The topological polar surface area (TPSA) is 49.3 Å². The molecule has 0 aromatic heterocycles. The van der Waals surface area contributed by atoms with Gasteiger partial charge in [-0.25, -0.2) is 4.39 Å². The summed E-state index contributed by atoms with van der Waals surface area (Å²) in [7, 11) is 0. The number of aliphatic carboxylic acids is 1. The van der Waals surface area contributed by atoms with Gasteiger partial charge < -0.3 is 5.11 Å². The standard InChI is InChI=1S/C11H11FNO2/c12-9-3-1-2-8(6-9)7-13-11(4-5-11)10(14)15/h1-2,6,13H,4-5,7H2,(H,14,15). The lowest BCUT2D eigenvalue weighted by Crippen LogP contribution is -2.38. The van der Waals surface area contributed by atoms with Crippen molar-refractivity contribution in [3.8, 4) is 0 Å². The van der Waals surface area contributed by atoms with Crippen molar-refractivity contribution >= 4 is 5.97 Å². The van der Waals surface area contributed by atoms with Gasteiger partial charge in [0.1, 0.15) is 11.4 Å². The first-order chi connectivity index (χ1) is 7.12. The van der Waals surface area contributed by atoms with Crippen LogP contribution in [-0.4, -0.2) is 16.6 Å². The van der Waals surface area contributed by atoms with Gasteiger partial charge in [0, 0.05) is 12.6 Å². The van der Waals surface area contributed by atoms with Crippen molar-refractivity contribution in [2.45, 2.75) is 24.9 Å². The summed E-state index contributed by atoms with van der Waals surface area (Å²) in [6.07, 6.45) is 1.29. The molecule has 0 unspecified atom stereocenters. The summed E-state index contributed by atoms with van der Waals surface area (Å²) in [6.45, 7) is 0.373. The van der Waals surface area contributed by atoms with Gasteiger partial charge in [0.05, 0.1) is 0 Å². The van der Waals surface area contributed by atoms with Gasteiger partial charge in [-0.2, -0.15) is 0 Å². The molecule has 0 aliphatic heterocycles. The monoisotopic (exact) mass is 208 g/mol. The van der Waals surface area contributed by atoms with E-state index in [1.165, 1.54) is 12.1 Å². The molecule has 0 atom stereocenters. The molecule has 1 aliphatic carbocycles. The Morgan fingerprint density at radius 3 is 2.93 bits per heavy atom. The van der Waals surface area contributed by atoms with E-state index in [0.29, 0.717) is 19.4 Å². The van der Waals surface area contributed by atoms with Gasteiger partial charge in [0.2, 0.25) is 0 Å². The number of hydrogen-bond acceptors (Lipinski definition) is 2. The highest BCUT2D eigenvalue weighted by atomic mass is 19.1. The molecule has 0 spiro atoms. The fourth-order valence-electron chi connectivity index (χ4n) is 1.45. The summed E-state index contributed by atoms with van der Waals surface area (Å²) in [5, 5.41) is 11.8. The van der Waals surface area contributed by atoms with Crippen molar-refractivity contribution in [1.82, 2.24) is 5.32 Å². The van der Waals surface area contributed by atoms with Crippen LogP contribution in [-0.2, 0) is 11.3 Å². The quantitative estimate of drug-likeness (QED) is 0.784. The summed E-state index contributed by atoms with van der Waals surface area (Å²) in [4.78, 5) is 10.8. The number of carboxylic acids is 1. The molecule has 1 fully saturated rings. The molecular formula is C11H11FNO2. The Bertz CT molecular complexity index is 388. The first kappa shape index (κ1) is 10.1. The fraction of sp³-hybridized carbons (Fsp3) is 0.364. The van der Waals surface area contributed by atoms with Crippen LogP contribution in [0, 0.1) is 11.9 Å². The second-order valence-corrected chi connectivity index (χ2v) is 3.79. The Kier molecular flexibility index (Phi) is 2.44. The molecule has 1 aromatic rings. The van der Waals surface area contributed by atoms with Gasteiger partial charge >= 0.3 is 5.97 Å². The molecule has 0 amide bonds. The van der Waals surface area contributed by atoms with Crippen LogP contribution in [0.4, 0.5) is 4.39 Å². The average molecular weight is 208 g/mol. The summed E-state index contributed by atoms with van der Waals surface area (Å²) >= 11 is 0. The Morgan fingerprint density at radius 1 is 1.67 bits per heavy atom. The van der Waals surface area contributed by atoms with Crippen LogP contribution in [0.1, 0.15) is 18.4 Å². The third-order valence-electron chi connectivity index (χ3n) is 2.62. The van der Waals surface area contributed by atoms with Crippen LogP contribution in [0.3, 0.4) is 0 Å². The lowest BCUT2D eigenvalue weighted by atomic mass is 10.2. The van der Waals surface area contributed by atoms with Gasteiger partial charge in [0.25, 0.3) is 0 Å². The zero-order chi connectivity index (χ0) is 10.9. The SMILES string of the molecule is O=C(O)C1(NCc2cc[c]c(F)c2)CC1. The summed E-state index contributed by atoms with van der Waals surface area (Å²) in [5.74, 6) is -1.25. The van der Waals surface area contributed by atoms with Crippen LogP contribution < -0.4 is 5.32 Å². The number of halogens is 1. The summed E-state index contributed by atoms with van der Waals surface area (Å²) in [6, 6.07) is 6.96. The number of nitrogens with one attached hydrogen (secondary N) is 1. The molecule has 1 radical (unpaired) electrons. The number of hydrogen-bond donors (Lipinski definition) is 2. The lowest BCUT2D eigenvalue weighted by Gasteiger charge is -2.11. The number of rotatable bonds is 4. The minimum atomic E-state index is -0.828. The molecule has 1 aliphatic rings. The highest BCUT2D eigenvalue weighted by Crippen LogP contribution is 2.35. The van der Waals surface area contributed by atoms with Gasteiger partial charge in [-0.1, -0.05) is 12.1 Å². The predicted octanol–water partition coefficient (Wildman–Crippen LogP) is 1.33. The Labute approximate surface area is 86.9 Å².